The lowest BCUT2D eigenvalue weighted by Gasteiger charge is -2.04. The molecule has 0 bridgehead atoms. The van der Waals surface area contributed by atoms with Crippen LogP contribution in [0.2, 0.25) is 0 Å². The third-order valence-electron chi connectivity index (χ3n) is 2.17. The highest BCUT2D eigenvalue weighted by molar-refractivity contribution is 5.77. The molecule has 0 fully saturated rings. The Bertz CT molecular complexity index is 550. The van der Waals surface area contributed by atoms with E-state index in [4.69, 9.17) is 5.73 Å². The molecule has 2 aromatic rings. The van der Waals surface area contributed by atoms with Crippen LogP contribution in [0, 0.1) is 5.82 Å². The van der Waals surface area contributed by atoms with Crippen LogP contribution < -0.4 is 11.3 Å². The van der Waals surface area contributed by atoms with E-state index in [9.17, 15) is 9.18 Å². The topological polar surface area (TPSA) is 60.9 Å². The van der Waals surface area contributed by atoms with E-state index in [2.05, 4.69) is 4.98 Å². The summed E-state index contributed by atoms with van der Waals surface area (Å²) in [6, 6.07) is 4.33. The highest BCUT2D eigenvalue weighted by Crippen LogP contribution is 2.10. The lowest BCUT2D eigenvalue weighted by Crippen LogP contribution is -2.24. The van der Waals surface area contributed by atoms with Gasteiger partial charge in [0.1, 0.15) is 11.3 Å². The SMILES string of the molecule is NCCn1cnc2c(F)cccc2c1=O. The molecule has 0 radical (unpaired) electrons. The monoisotopic (exact) mass is 207 g/mol. The summed E-state index contributed by atoms with van der Waals surface area (Å²) in [5.41, 5.74) is 5.19. The van der Waals surface area contributed by atoms with Gasteiger partial charge in [0, 0.05) is 13.1 Å². The maximum absolute atomic E-state index is 13.2. The smallest absolute Gasteiger partial charge is 0.261 e. The van der Waals surface area contributed by atoms with Gasteiger partial charge in [-0.15, -0.1) is 0 Å². The zero-order valence-electron chi connectivity index (χ0n) is 7.98. The van der Waals surface area contributed by atoms with Crippen molar-refractivity contribution in [1.29, 1.82) is 0 Å². The van der Waals surface area contributed by atoms with Gasteiger partial charge in [0.05, 0.1) is 11.7 Å². The van der Waals surface area contributed by atoms with Crippen molar-refractivity contribution < 1.29 is 4.39 Å². The van der Waals surface area contributed by atoms with Gasteiger partial charge in [0.25, 0.3) is 5.56 Å². The predicted molar refractivity (Wildman–Crippen MR) is 55.0 cm³/mol. The maximum Gasteiger partial charge on any atom is 0.261 e. The number of nitrogens with zero attached hydrogens (tertiary/aromatic N) is 2. The van der Waals surface area contributed by atoms with Gasteiger partial charge in [-0.2, -0.15) is 0 Å². The first-order valence-electron chi connectivity index (χ1n) is 4.58. The van der Waals surface area contributed by atoms with Crippen LogP contribution in [0.4, 0.5) is 4.39 Å². The summed E-state index contributed by atoms with van der Waals surface area (Å²) < 4.78 is 14.6. The van der Waals surface area contributed by atoms with Crippen LogP contribution in [0.3, 0.4) is 0 Å². The molecule has 5 heteroatoms. The molecule has 0 amide bonds. The minimum absolute atomic E-state index is 0.107. The lowest BCUT2D eigenvalue weighted by molar-refractivity contribution is 0.631. The van der Waals surface area contributed by atoms with Crippen molar-refractivity contribution in [3.63, 3.8) is 0 Å². The average molecular weight is 207 g/mol. The molecule has 0 aliphatic heterocycles. The third-order valence-corrected chi connectivity index (χ3v) is 2.17. The third kappa shape index (κ3) is 1.61. The fourth-order valence-corrected chi connectivity index (χ4v) is 1.45. The van der Waals surface area contributed by atoms with Crippen molar-refractivity contribution in [2.75, 3.05) is 6.54 Å². The maximum atomic E-state index is 13.2. The van der Waals surface area contributed by atoms with Crippen molar-refractivity contribution in [2.24, 2.45) is 5.73 Å². The summed E-state index contributed by atoms with van der Waals surface area (Å²) in [4.78, 5) is 15.7. The summed E-state index contributed by atoms with van der Waals surface area (Å²) >= 11 is 0. The number of aromatic nitrogens is 2. The van der Waals surface area contributed by atoms with E-state index in [1.54, 1.807) is 6.07 Å². The Morgan fingerprint density at radius 1 is 1.47 bits per heavy atom. The molecule has 0 saturated carbocycles. The number of rotatable bonds is 2. The second kappa shape index (κ2) is 3.78. The van der Waals surface area contributed by atoms with Crippen LogP contribution in [-0.4, -0.2) is 16.1 Å². The molecular formula is C10H10FN3O. The highest BCUT2D eigenvalue weighted by atomic mass is 19.1. The van der Waals surface area contributed by atoms with Crippen molar-refractivity contribution in [1.82, 2.24) is 9.55 Å². The summed E-state index contributed by atoms with van der Waals surface area (Å²) in [6.07, 6.45) is 1.32. The number of fused-ring (bicyclic) bond motifs is 1. The van der Waals surface area contributed by atoms with Crippen LogP contribution in [0.1, 0.15) is 0 Å². The fraction of sp³-hybridized carbons (Fsp3) is 0.200. The van der Waals surface area contributed by atoms with Gasteiger partial charge >= 0.3 is 0 Å². The van der Waals surface area contributed by atoms with Crippen LogP contribution in [0.5, 0.6) is 0 Å². The molecule has 4 nitrogen and oxygen atoms in total. The molecule has 0 spiro atoms. The Labute approximate surface area is 85.2 Å². The van der Waals surface area contributed by atoms with Gasteiger partial charge in [0.2, 0.25) is 0 Å². The van der Waals surface area contributed by atoms with Gasteiger partial charge in [-0.3, -0.25) is 9.36 Å². The van der Waals surface area contributed by atoms with E-state index in [1.165, 1.54) is 23.0 Å². The molecule has 2 rings (SSSR count). The quantitative estimate of drug-likeness (QED) is 0.779. The number of para-hydroxylation sites is 1. The van der Waals surface area contributed by atoms with Gasteiger partial charge < -0.3 is 5.73 Å². The van der Waals surface area contributed by atoms with Crippen LogP contribution in [0.25, 0.3) is 10.9 Å². The molecule has 0 saturated heterocycles. The van der Waals surface area contributed by atoms with Crippen molar-refractivity contribution in [3.05, 3.63) is 40.7 Å². The fourth-order valence-electron chi connectivity index (χ4n) is 1.45. The van der Waals surface area contributed by atoms with Gasteiger partial charge in [-0.25, -0.2) is 9.37 Å². The molecular weight excluding hydrogens is 197 g/mol. The zero-order valence-corrected chi connectivity index (χ0v) is 7.98. The molecule has 1 aromatic heterocycles. The average Bonchev–Trinajstić information content (AvgIpc) is 2.23. The molecule has 0 aliphatic carbocycles. The molecule has 1 aromatic carbocycles. The van der Waals surface area contributed by atoms with Gasteiger partial charge in [0.15, 0.2) is 0 Å². The predicted octanol–water partition coefficient (Wildman–Crippen LogP) is 0.494. The number of hydrogen-bond acceptors (Lipinski definition) is 3. The number of nitrogens with two attached hydrogens (primary N) is 1. The minimum atomic E-state index is -0.482. The first-order chi connectivity index (χ1) is 7.24. The van der Waals surface area contributed by atoms with E-state index in [0.717, 1.165) is 0 Å². The van der Waals surface area contributed by atoms with Crippen molar-refractivity contribution in [3.8, 4) is 0 Å². The first-order valence-corrected chi connectivity index (χ1v) is 4.58. The van der Waals surface area contributed by atoms with Gasteiger partial charge in [-0.1, -0.05) is 6.07 Å². The van der Waals surface area contributed by atoms with Crippen molar-refractivity contribution in [2.45, 2.75) is 6.54 Å². The minimum Gasteiger partial charge on any atom is -0.329 e. The molecule has 78 valence electrons. The zero-order chi connectivity index (χ0) is 10.8. The first kappa shape index (κ1) is 9.79. The number of hydrogen-bond donors (Lipinski definition) is 1. The summed E-state index contributed by atoms with van der Waals surface area (Å²) in [6.45, 7) is 0.737. The summed E-state index contributed by atoms with van der Waals surface area (Å²) in [5.74, 6) is -0.482. The Hall–Kier alpha value is -1.75. The Morgan fingerprint density at radius 3 is 3.00 bits per heavy atom. The molecule has 0 unspecified atom stereocenters. The van der Waals surface area contributed by atoms with E-state index in [-0.39, 0.29) is 16.5 Å². The summed E-state index contributed by atoms with van der Waals surface area (Å²) in [5, 5.41) is 0.283. The standard InChI is InChI=1S/C10H10FN3O/c11-8-3-1-2-7-9(8)13-6-14(5-4-12)10(7)15/h1-3,6H,4-5,12H2. The van der Waals surface area contributed by atoms with Crippen LogP contribution >= 0.6 is 0 Å². The van der Waals surface area contributed by atoms with Crippen molar-refractivity contribution >= 4 is 10.9 Å². The van der Waals surface area contributed by atoms with E-state index in [0.29, 0.717) is 13.1 Å². The molecule has 0 aliphatic rings. The highest BCUT2D eigenvalue weighted by Gasteiger charge is 2.06. The number of halogens is 1. The second-order valence-electron chi connectivity index (χ2n) is 3.17. The molecule has 15 heavy (non-hydrogen) atoms. The van der Waals surface area contributed by atoms with Gasteiger partial charge in [-0.05, 0) is 12.1 Å². The van der Waals surface area contributed by atoms with E-state index in [1.807, 2.05) is 0 Å². The second-order valence-corrected chi connectivity index (χ2v) is 3.17. The van der Waals surface area contributed by atoms with Crippen LogP contribution in [-0.2, 0) is 6.54 Å². The van der Waals surface area contributed by atoms with E-state index >= 15 is 0 Å². The molecule has 2 N–H and O–H groups in total. The largest absolute Gasteiger partial charge is 0.329 e. The Morgan fingerprint density at radius 2 is 2.27 bits per heavy atom. The number of benzene rings is 1. The lowest BCUT2D eigenvalue weighted by atomic mass is 10.2. The van der Waals surface area contributed by atoms with E-state index < -0.39 is 5.82 Å². The molecule has 1 heterocycles. The summed E-state index contributed by atoms with van der Waals surface area (Å²) in [7, 11) is 0. The van der Waals surface area contributed by atoms with Crippen LogP contribution in [0.15, 0.2) is 29.3 Å². The molecule has 0 atom stereocenters. The normalized spacial score (nSPS) is 10.8. The Balaban J connectivity index is 2.75. The Kier molecular flexibility index (Phi) is 2.47.